The number of carbonyl (C=O) groups excluding carboxylic acids is 2. The summed E-state index contributed by atoms with van der Waals surface area (Å²) in [5.74, 6) is -0.198. The first-order valence-electron chi connectivity index (χ1n) is 10.9. The minimum atomic E-state index is -0.660. The molecule has 0 radical (unpaired) electrons. The van der Waals surface area contributed by atoms with Crippen LogP contribution in [-0.4, -0.2) is 49.1 Å². The molecule has 2 amide bonds. The van der Waals surface area contributed by atoms with Gasteiger partial charge >= 0.3 is 0 Å². The van der Waals surface area contributed by atoms with Crippen LogP contribution >= 0.6 is 0 Å². The zero-order valence-electron chi connectivity index (χ0n) is 18.6. The van der Waals surface area contributed by atoms with E-state index in [0.29, 0.717) is 18.8 Å². The molecule has 4 rings (SSSR count). The maximum absolute atomic E-state index is 13.2. The maximum atomic E-state index is 13.2. The molecule has 3 aromatic rings. The van der Waals surface area contributed by atoms with Gasteiger partial charge in [-0.1, -0.05) is 0 Å². The second kappa shape index (κ2) is 8.17. The highest BCUT2D eigenvalue weighted by molar-refractivity contribution is 5.98. The third-order valence-electron chi connectivity index (χ3n) is 6.11. The standard InChI is InChI=1S/C23H30N6O2/c1-5-27-15-24-19-13-17(7-8-20(19)27)25-22(31)23(4)10-6-11-28(14-23)21(30)18-9-12-29(26-18)16(2)3/h7-9,12-13,15-16H,5-6,10-11,14H2,1-4H3,(H,25,31). The summed E-state index contributed by atoms with van der Waals surface area (Å²) >= 11 is 0. The number of imidazole rings is 1. The molecule has 31 heavy (non-hydrogen) atoms. The summed E-state index contributed by atoms with van der Waals surface area (Å²) in [6.07, 6.45) is 5.14. The lowest BCUT2D eigenvalue weighted by Crippen LogP contribution is -2.50. The number of piperidine rings is 1. The van der Waals surface area contributed by atoms with Crippen molar-refractivity contribution >= 4 is 28.5 Å². The summed E-state index contributed by atoms with van der Waals surface area (Å²) in [5.41, 5.74) is 2.38. The molecule has 0 spiro atoms. The fraction of sp³-hybridized carbons (Fsp3) is 0.478. The van der Waals surface area contributed by atoms with Crippen LogP contribution in [-0.2, 0) is 11.3 Å². The van der Waals surface area contributed by atoms with Gasteiger partial charge in [0, 0.05) is 37.6 Å². The van der Waals surface area contributed by atoms with Crippen LogP contribution in [0.5, 0.6) is 0 Å². The molecule has 1 saturated heterocycles. The summed E-state index contributed by atoms with van der Waals surface area (Å²) in [7, 11) is 0. The summed E-state index contributed by atoms with van der Waals surface area (Å²) < 4.78 is 3.84. The van der Waals surface area contributed by atoms with Crippen molar-refractivity contribution in [2.45, 2.75) is 53.1 Å². The molecule has 164 valence electrons. The molecule has 0 bridgehead atoms. The number of likely N-dealkylation sites (tertiary alicyclic amines) is 1. The SMILES string of the molecule is CCn1cnc2cc(NC(=O)C3(C)CCCN(C(=O)c4ccn(C(C)C)n4)C3)ccc21. The van der Waals surface area contributed by atoms with Crippen LogP contribution < -0.4 is 5.32 Å². The number of carbonyl (C=O) groups is 2. The van der Waals surface area contributed by atoms with Gasteiger partial charge in [0.2, 0.25) is 5.91 Å². The minimum absolute atomic E-state index is 0.0769. The molecule has 1 atom stereocenters. The quantitative estimate of drug-likeness (QED) is 0.679. The Kier molecular flexibility index (Phi) is 5.56. The molecule has 8 nitrogen and oxygen atoms in total. The van der Waals surface area contributed by atoms with Crippen LogP contribution in [0.15, 0.2) is 36.8 Å². The number of hydrogen-bond donors (Lipinski definition) is 1. The lowest BCUT2D eigenvalue weighted by Gasteiger charge is -2.39. The molecule has 1 fully saturated rings. The lowest BCUT2D eigenvalue weighted by molar-refractivity contribution is -0.127. The highest BCUT2D eigenvalue weighted by Crippen LogP contribution is 2.32. The normalized spacial score (nSPS) is 19.2. The van der Waals surface area contributed by atoms with E-state index in [0.717, 1.165) is 36.1 Å². The monoisotopic (exact) mass is 422 g/mol. The molecular formula is C23H30N6O2. The van der Waals surface area contributed by atoms with Gasteiger partial charge in [0.05, 0.1) is 22.8 Å². The van der Waals surface area contributed by atoms with Crippen molar-refractivity contribution in [3.8, 4) is 0 Å². The van der Waals surface area contributed by atoms with Gasteiger partial charge in [-0.3, -0.25) is 14.3 Å². The molecule has 1 aliphatic rings. The predicted molar refractivity (Wildman–Crippen MR) is 120 cm³/mol. The Labute approximate surface area is 182 Å². The lowest BCUT2D eigenvalue weighted by atomic mass is 9.80. The first kappa shape index (κ1) is 21.1. The minimum Gasteiger partial charge on any atom is -0.336 e. The molecule has 1 N–H and O–H groups in total. The van der Waals surface area contributed by atoms with E-state index in [2.05, 4.69) is 26.9 Å². The number of rotatable bonds is 5. The van der Waals surface area contributed by atoms with Gasteiger partial charge < -0.3 is 14.8 Å². The fourth-order valence-electron chi connectivity index (χ4n) is 4.18. The fourth-order valence-corrected chi connectivity index (χ4v) is 4.18. The second-order valence-electron chi connectivity index (χ2n) is 8.85. The van der Waals surface area contributed by atoms with E-state index in [1.807, 2.05) is 51.5 Å². The van der Waals surface area contributed by atoms with Crippen molar-refractivity contribution in [3.63, 3.8) is 0 Å². The smallest absolute Gasteiger partial charge is 0.274 e. The van der Waals surface area contributed by atoms with Crippen LogP contribution in [0.2, 0.25) is 0 Å². The molecule has 0 aliphatic carbocycles. The van der Waals surface area contributed by atoms with E-state index in [-0.39, 0.29) is 17.9 Å². The molecule has 1 unspecified atom stereocenters. The van der Waals surface area contributed by atoms with Gasteiger partial charge in [0.15, 0.2) is 0 Å². The Hall–Kier alpha value is -3.16. The Balaban J connectivity index is 1.47. The van der Waals surface area contributed by atoms with Crippen LogP contribution in [0.3, 0.4) is 0 Å². The van der Waals surface area contributed by atoms with Crippen LogP contribution in [0.1, 0.15) is 57.1 Å². The highest BCUT2D eigenvalue weighted by atomic mass is 16.2. The van der Waals surface area contributed by atoms with Gasteiger partial charge in [-0.15, -0.1) is 0 Å². The topological polar surface area (TPSA) is 85.0 Å². The first-order valence-corrected chi connectivity index (χ1v) is 10.9. The van der Waals surface area contributed by atoms with Crippen molar-refractivity contribution < 1.29 is 9.59 Å². The Morgan fingerprint density at radius 1 is 1.26 bits per heavy atom. The second-order valence-corrected chi connectivity index (χ2v) is 8.85. The number of benzene rings is 1. The van der Waals surface area contributed by atoms with E-state index in [9.17, 15) is 9.59 Å². The van der Waals surface area contributed by atoms with Crippen LogP contribution in [0.4, 0.5) is 5.69 Å². The largest absolute Gasteiger partial charge is 0.336 e. The van der Waals surface area contributed by atoms with Crippen LogP contribution in [0.25, 0.3) is 11.0 Å². The van der Waals surface area contributed by atoms with Gasteiger partial charge in [0.1, 0.15) is 5.69 Å². The molecule has 1 aromatic carbocycles. The van der Waals surface area contributed by atoms with Crippen LogP contribution in [0, 0.1) is 5.41 Å². The number of aryl methyl sites for hydroxylation is 1. The third-order valence-corrected chi connectivity index (χ3v) is 6.11. The average Bonchev–Trinajstić information content (AvgIpc) is 3.40. The number of nitrogens with zero attached hydrogens (tertiary/aromatic N) is 5. The summed E-state index contributed by atoms with van der Waals surface area (Å²) in [5, 5.41) is 7.44. The third kappa shape index (κ3) is 4.06. The highest BCUT2D eigenvalue weighted by Gasteiger charge is 2.40. The van der Waals surface area contributed by atoms with Gasteiger partial charge in [-0.2, -0.15) is 5.10 Å². The van der Waals surface area contributed by atoms with Crippen molar-refractivity contribution in [2.75, 3.05) is 18.4 Å². The number of hydrogen-bond acceptors (Lipinski definition) is 4. The maximum Gasteiger partial charge on any atom is 0.274 e. The number of anilines is 1. The molecule has 2 aromatic heterocycles. The molecule has 1 aliphatic heterocycles. The molecule has 0 saturated carbocycles. The summed E-state index contributed by atoms with van der Waals surface area (Å²) in [6.45, 7) is 9.90. The number of aromatic nitrogens is 4. The zero-order chi connectivity index (χ0) is 22.2. The van der Waals surface area contributed by atoms with E-state index in [4.69, 9.17) is 0 Å². The van der Waals surface area contributed by atoms with Crippen molar-refractivity contribution in [1.82, 2.24) is 24.2 Å². The molecule has 8 heteroatoms. The van der Waals surface area contributed by atoms with E-state index in [1.54, 1.807) is 15.6 Å². The Bertz CT molecular complexity index is 1110. The number of nitrogens with one attached hydrogen (secondary N) is 1. The Morgan fingerprint density at radius 2 is 2.06 bits per heavy atom. The van der Waals surface area contributed by atoms with E-state index < -0.39 is 5.41 Å². The van der Waals surface area contributed by atoms with E-state index in [1.165, 1.54) is 0 Å². The zero-order valence-corrected chi connectivity index (χ0v) is 18.6. The average molecular weight is 423 g/mol. The van der Waals surface area contributed by atoms with Gasteiger partial charge in [-0.25, -0.2) is 4.98 Å². The van der Waals surface area contributed by atoms with Crippen molar-refractivity contribution in [2.24, 2.45) is 5.41 Å². The van der Waals surface area contributed by atoms with Gasteiger partial charge in [0.25, 0.3) is 5.91 Å². The Morgan fingerprint density at radius 3 is 2.77 bits per heavy atom. The van der Waals surface area contributed by atoms with E-state index >= 15 is 0 Å². The van der Waals surface area contributed by atoms with Gasteiger partial charge in [-0.05, 0) is 64.8 Å². The summed E-state index contributed by atoms with van der Waals surface area (Å²) in [4.78, 5) is 32.4. The molecule has 3 heterocycles. The summed E-state index contributed by atoms with van der Waals surface area (Å²) in [6, 6.07) is 7.72. The van der Waals surface area contributed by atoms with Crippen molar-refractivity contribution in [1.29, 1.82) is 0 Å². The molecular weight excluding hydrogens is 392 g/mol. The van der Waals surface area contributed by atoms with Crippen molar-refractivity contribution in [3.05, 3.63) is 42.5 Å². The number of fused-ring (bicyclic) bond motifs is 1. The predicted octanol–water partition coefficient (Wildman–Crippen LogP) is 3.71. The number of amides is 2. The first-order chi connectivity index (χ1) is 14.8.